The molecule has 1 aliphatic rings. The molecule has 8 nitrogen and oxygen atoms in total. The number of nitro benzene ring substituents is 1. The van der Waals surface area contributed by atoms with Crippen molar-refractivity contribution in [2.24, 2.45) is 11.8 Å². The highest BCUT2D eigenvalue weighted by atomic mass is 16.6. The number of nitro groups is 1. The number of ether oxygens (including phenoxy) is 2. The van der Waals surface area contributed by atoms with E-state index in [9.17, 15) is 19.7 Å². The third kappa shape index (κ3) is 5.28. The monoisotopic (exact) mass is 392 g/mol. The van der Waals surface area contributed by atoms with Crippen LogP contribution in [0.15, 0.2) is 24.3 Å². The molecule has 0 radical (unpaired) electrons. The van der Waals surface area contributed by atoms with Gasteiger partial charge in [-0.25, -0.2) is 4.79 Å². The van der Waals surface area contributed by atoms with E-state index in [1.807, 2.05) is 20.8 Å². The number of aldehydes is 1. The quantitative estimate of drug-likeness (QED) is 0.415. The number of rotatable bonds is 6. The number of benzene rings is 1. The molecule has 2 rings (SSSR count). The molecule has 1 saturated heterocycles. The Bertz CT molecular complexity index is 707. The molecule has 1 aliphatic heterocycles. The summed E-state index contributed by atoms with van der Waals surface area (Å²) < 4.78 is 10.9. The minimum Gasteiger partial charge on any atom is -0.444 e. The fourth-order valence-electron chi connectivity index (χ4n) is 3.61. The van der Waals surface area contributed by atoms with Crippen LogP contribution in [0.2, 0.25) is 0 Å². The van der Waals surface area contributed by atoms with E-state index in [2.05, 4.69) is 0 Å². The predicted molar refractivity (Wildman–Crippen MR) is 103 cm³/mol. The van der Waals surface area contributed by atoms with Crippen LogP contribution in [0, 0.1) is 22.0 Å². The van der Waals surface area contributed by atoms with Crippen molar-refractivity contribution in [3.05, 3.63) is 39.9 Å². The van der Waals surface area contributed by atoms with Crippen LogP contribution < -0.4 is 0 Å². The summed E-state index contributed by atoms with van der Waals surface area (Å²) >= 11 is 0. The largest absolute Gasteiger partial charge is 0.444 e. The average Bonchev–Trinajstić information content (AvgIpc) is 2.64. The van der Waals surface area contributed by atoms with Crippen molar-refractivity contribution >= 4 is 18.1 Å². The number of methoxy groups -OCH3 is 1. The highest BCUT2D eigenvalue weighted by molar-refractivity contribution is 5.68. The molecule has 0 aromatic heterocycles. The number of nitrogens with zero attached hydrogens (tertiary/aromatic N) is 2. The van der Waals surface area contributed by atoms with Gasteiger partial charge in [-0.1, -0.05) is 12.1 Å². The summed E-state index contributed by atoms with van der Waals surface area (Å²) in [5, 5.41) is 11.4. The molecule has 1 fully saturated rings. The number of hydrogen-bond donors (Lipinski definition) is 0. The number of carbonyl (C=O) groups is 2. The van der Waals surface area contributed by atoms with Gasteiger partial charge in [0.15, 0.2) is 0 Å². The number of para-hydroxylation sites is 1. The summed E-state index contributed by atoms with van der Waals surface area (Å²) in [5.41, 5.74) is -0.235. The molecule has 2 atom stereocenters. The van der Waals surface area contributed by atoms with Gasteiger partial charge >= 0.3 is 6.09 Å². The molecular weight excluding hydrogens is 364 g/mol. The van der Waals surface area contributed by atoms with Crippen LogP contribution in [0.4, 0.5) is 10.5 Å². The van der Waals surface area contributed by atoms with Crippen LogP contribution in [-0.2, 0) is 14.3 Å². The normalized spacial score (nSPS) is 17.6. The van der Waals surface area contributed by atoms with Crippen molar-refractivity contribution in [3.8, 4) is 0 Å². The second-order valence-corrected chi connectivity index (χ2v) is 7.99. The minimum absolute atomic E-state index is 0.0408. The van der Waals surface area contributed by atoms with Gasteiger partial charge in [-0.05, 0) is 45.6 Å². The summed E-state index contributed by atoms with van der Waals surface area (Å²) in [6.07, 6.45) is 0.943. The fraction of sp³-hybridized carbons (Fsp3) is 0.600. The second kappa shape index (κ2) is 9.14. The Balaban J connectivity index is 2.12. The van der Waals surface area contributed by atoms with Gasteiger partial charge in [-0.3, -0.25) is 10.1 Å². The number of amides is 1. The van der Waals surface area contributed by atoms with Crippen molar-refractivity contribution in [1.82, 2.24) is 4.90 Å². The van der Waals surface area contributed by atoms with Crippen molar-refractivity contribution in [2.75, 3.05) is 20.2 Å². The van der Waals surface area contributed by atoms with Crippen LogP contribution in [0.1, 0.15) is 45.3 Å². The van der Waals surface area contributed by atoms with Crippen molar-refractivity contribution < 1.29 is 24.0 Å². The molecule has 1 amide bonds. The summed E-state index contributed by atoms with van der Waals surface area (Å²) in [7, 11) is 1.45. The van der Waals surface area contributed by atoms with Gasteiger partial charge < -0.3 is 19.2 Å². The van der Waals surface area contributed by atoms with Crippen LogP contribution in [-0.4, -0.2) is 48.0 Å². The molecule has 0 spiro atoms. The zero-order valence-corrected chi connectivity index (χ0v) is 16.8. The Morgan fingerprint density at radius 3 is 2.39 bits per heavy atom. The van der Waals surface area contributed by atoms with E-state index in [0.29, 0.717) is 31.5 Å². The molecule has 1 aromatic carbocycles. The summed E-state index contributed by atoms with van der Waals surface area (Å²) in [4.78, 5) is 36.7. The van der Waals surface area contributed by atoms with Crippen molar-refractivity contribution in [1.29, 1.82) is 0 Å². The zero-order valence-electron chi connectivity index (χ0n) is 16.8. The lowest BCUT2D eigenvalue weighted by Crippen LogP contribution is -2.43. The molecule has 8 heteroatoms. The molecule has 0 saturated carbocycles. The first-order valence-corrected chi connectivity index (χ1v) is 9.37. The maximum absolute atomic E-state index is 12.2. The highest BCUT2D eigenvalue weighted by Crippen LogP contribution is 2.38. The Labute approximate surface area is 164 Å². The molecule has 0 bridgehead atoms. The van der Waals surface area contributed by atoms with Crippen molar-refractivity contribution in [2.45, 2.75) is 45.3 Å². The predicted octanol–water partition coefficient (Wildman–Crippen LogP) is 3.74. The number of hydrogen-bond acceptors (Lipinski definition) is 6. The van der Waals surface area contributed by atoms with E-state index in [0.717, 1.165) is 6.29 Å². The summed E-state index contributed by atoms with van der Waals surface area (Å²) in [6.45, 7) is 6.39. The minimum atomic E-state index is -0.711. The Kier molecular flexibility index (Phi) is 7.12. The van der Waals surface area contributed by atoms with E-state index in [4.69, 9.17) is 9.47 Å². The van der Waals surface area contributed by atoms with Crippen molar-refractivity contribution in [3.63, 3.8) is 0 Å². The van der Waals surface area contributed by atoms with Gasteiger partial charge in [0, 0.05) is 32.2 Å². The molecule has 0 aliphatic carbocycles. The second-order valence-electron chi connectivity index (χ2n) is 7.99. The smallest absolute Gasteiger partial charge is 0.410 e. The van der Waals surface area contributed by atoms with E-state index in [1.165, 1.54) is 13.2 Å². The standard InChI is InChI=1S/C20H28N2O6/c1-20(2,3)28-19(24)21-11-9-14(10-12-21)16(13-23)18(27-4)15-7-5-6-8-17(15)22(25)26/h5-8,13-14,16,18H,9-12H2,1-4H3. The Morgan fingerprint density at radius 2 is 1.89 bits per heavy atom. The van der Waals surface area contributed by atoms with Crippen LogP contribution >= 0.6 is 0 Å². The third-order valence-electron chi connectivity index (χ3n) is 4.94. The first-order valence-electron chi connectivity index (χ1n) is 9.37. The lowest BCUT2D eigenvalue weighted by Gasteiger charge is -2.37. The van der Waals surface area contributed by atoms with Gasteiger partial charge in [0.25, 0.3) is 5.69 Å². The van der Waals surface area contributed by atoms with Crippen LogP contribution in [0.3, 0.4) is 0 Å². The van der Waals surface area contributed by atoms with Crippen LogP contribution in [0.25, 0.3) is 0 Å². The van der Waals surface area contributed by atoms with Gasteiger partial charge in [0.05, 0.1) is 16.6 Å². The molecule has 1 heterocycles. The first kappa shape index (κ1) is 21.8. The van der Waals surface area contributed by atoms with E-state index < -0.39 is 22.5 Å². The summed E-state index contributed by atoms with van der Waals surface area (Å²) in [6, 6.07) is 6.32. The number of carbonyl (C=O) groups excluding carboxylic acids is 2. The van der Waals surface area contributed by atoms with E-state index in [1.54, 1.807) is 23.1 Å². The Hall–Kier alpha value is -2.48. The molecule has 154 valence electrons. The Morgan fingerprint density at radius 1 is 1.29 bits per heavy atom. The van der Waals surface area contributed by atoms with Gasteiger partial charge in [-0.15, -0.1) is 0 Å². The van der Waals surface area contributed by atoms with E-state index >= 15 is 0 Å². The first-order chi connectivity index (χ1) is 13.2. The van der Waals surface area contributed by atoms with Crippen LogP contribution in [0.5, 0.6) is 0 Å². The molecule has 28 heavy (non-hydrogen) atoms. The van der Waals surface area contributed by atoms with Gasteiger partial charge in [0.1, 0.15) is 11.9 Å². The highest BCUT2D eigenvalue weighted by Gasteiger charge is 2.37. The summed E-state index contributed by atoms with van der Waals surface area (Å²) in [5.74, 6) is -0.576. The van der Waals surface area contributed by atoms with E-state index in [-0.39, 0.29) is 17.7 Å². The molecule has 1 aromatic rings. The van der Waals surface area contributed by atoms with Gasteiger partial charge in [-0.2, -0.15) is 0 Å². The molecular formula is C20H28N2O6. The zero-order chi connectivity index (χ0) is 20.9. The molecule has 0 N–H and O–H groups in total. The lowest BCUT2D eigenvalue weighted by molar-refractivity contribution is -0.386. The average molecular weight is 392 g/mol. The number of piperidine rings is 1. The third-order valence-corrected chi connectivity index (χ3v) is 4.94. The maximum Gasteiger partial charge on any atom is 0.410 e. The fourth-order valence-corrected chi connectivity index (χ4v) is 3.61. The SMILES string of the molecule is COC(c1ccccc1[N+](=O)[O-])C(C=O)C1CCN(C(=O)OC(C)(C)C)CC1. The van der Waals surface area contributed by atoms with Gasteiger partial charge in [0.2, 0.25) is 0 Å². The topological polar surface area (TPSA) is 99.0 Å². The number of likely N-dealkylation sites (tertiary alicyclic amines) is 1. The lowest BCUT2D eigenvalue weighted by atomic mass is 9.79. The molecule has 2 unspecified atom stereocenters. The maximum atomic E-state index is 12.2.